The summed E-state index contributed by atoms with van der Waals surface area (Å²) in [6.45, 7) is 2.32. The van der Waals surface area contributed by atoms with E-state index < -0.39 is 6.10 Å². The van der Waals surface area contributed by atoms with E-state index in [4.69, 9.17) is 0 Å². The summed E-state index contributed by atoms with van der Waals surface area (Å²) in [7, 11) is 0. The van der Waals surface area contributed by atoms with Crippen LogP contribution in [0.15, 0.2) is 48.6 Å². The van der Waals surface area contributed by atoms with E-state index in [1.54, 1.807) is 13.0 Å². The Morgan fingerprint density at radius 3 is 2.88 bits per heavy atom. The summed E-state index contributed by atoms with van der Waals surface area (Å²) in [4.78, 5) is 0. The van der Waals surface area contributed by atoms with E-state index in [0.29, 0.717) is 18.5 Å². The number of nitrogens with one attached hydrogen (secondary N) is 1. The van der Waals surface area contributed by atoms with Gasteiger partial charge in [-0.05, 0) is 59.5 Å². The molecule has 0 fully saturated rings. The van der Waals surface area contributed by atoms with Crippen molar-refractivity contribution >= 4 is 17.8 Å². The third-order valence-electron chi connectivity index (χ3n) is 4.30. The molecule has 0 aromatic heterocycles. The van der Waals surface area contributed by atoms with Gasteiger partial charge < -0.3 is 10.4 Å². The molecule has 3 rings (SSSR count). The monoisotopic (exact) mass is 323 g/mol. The van der Waals surface area contributed by atoms with Crippen molar-refractivity contribution in [2.45, 2.75) is 25.9 Å². The van der Waals surface area contributed by atoms with Crippen LogP contribution in [0.3, 0.4) is 0 Å². The Morgan fingerprint density at radius 2 is 2.04 bits per heavy atom. The third kappa shape index (κ3) is 3.92. The minimum absolute atomic E-state index is 0.217. The Kier molecular flexibility index (Phi) is 5.11. The number of benzene rings is 2. The van der Waals surface area contributed by atoms with Gasteiger partial charge in [-0.25, -0.2) is 4.39 Å². The zero-order chi connectivity index (χ0) is 16.9. The van der Waals surface area contributed by atoms with Crippen molar-refractivity contribution < 1.29 is 9.50 Å². The largest absolute Gasteiger partial charge is 0.388 e. The zero-order valence-electron chi connectivity index (χ0n) is 13.8. The summed E-state index contributed by atoms with van der Waals surface area (Å²) >= 11 is 0. The molecule has 1 aliphatic carbocycles. The number of allylic oxidation sites excluding steroid dienone is 2. The summed E-state index contributed by atoms with van der Waals surface area (Å²) in [5.74, 6) is -0.217. The van der Waals surface area contributed by atoms with Gasteiger partial charge in [0.2, 0.25) is 0 Å². The molecule has 24 heavy (non-hydrogen) atoms. The average Bonchev–Trinajstić information content (AvgIpc) is 2.82. The highest BCUT2D eigenvalue weighted by Crippen LogP contribution is 2.17. The van der Waals surface area contributed by atoms with Crippen LogP contribution in [-0.2, 0) is 0 Å². The maximum atomic E-state index is 13.5. The van der Waals surface area contributed by atoms with Crippen molar-refractivity contribution in [2.75, 3.05) is 11.9 Å². The van der Waals surface area contributed by atoms with Gasteiger partial charge in [0.1, 0.15) is 5.82 Å². The van der Waals surface area contributed by atoms with Crippen LogP contribution in [0.25, 0.3) is 12.2 Å². The lowest BCUT2D eigenvalue weighted by molar-refractivity contribution is 0.171. The Labute approximate surface area is 141 Å². The van der Waals surface area contributed by atoms with Gasteiger partial charge in [0, 0.05) is 12.2 Å². The lowest BCUT2D eigenvalue weighted by Gasteiger charge is -2.13. The van der Waals surface area contributed by atoms with E-state index in [1.807, 2.05) is 24.3 Å². The molecule has 1 aliphatic rings. The number of fused-ring (bicyclic) bond motifs is 1. The first-order valence-corrected chi connectivity index (χ1v) is 8.28. The second kappa shape index (κ2) is 7.45. The Bertz CT molecular complexity index is 870. The highest BCUT2D eigenvalue weighted by Gasteiger charge is 2.08. The van der Waals surface area contributed by atoms with Gasteiger partial charge in [-0.3, -0.25) is 0 Å². The van der Waals surface area contributed by atoms with Gasteiger partial charge in [0.15, 0.2) is 0 Å². The Balaban J connectivity index is 1.64. The predicted octanol–water partition coefficient (Wildman–Crippen LogP) is 3.19. The molecule has 2 aromatic carbocycles. The predicted molar refractivity (Wildman–Crippen MR) is 97.6 cm³/mol. The molecule has 0 saturated carbocycles. The Hall–Kier alpha value is -2.39. The molecule has 2 N–H and O–H groups in total. The molecule has 1 atom stereocenters. The number of aliphatic hydroxyl groups is 1. The van der Waals surface area contributed by atoms with Crippen molar-refractivity contribution in [3.8, 4) is 0 Å². The van der Waals surface area contributed by atoms with Crippen LogP contribution in [0.4, 0.5) is 10.1 Å². The molecule has 0 heterocycles. The fourth-order valence-corrected chi connectivity index (χ4v) is 2.80. The second-order valence-electron chi connectivity index (χ2n) is 6.12. The van der Waals surface area contributed by atoms with Crippen LogP contribution in [0, 0.1) is 12.7 Å². The molecule has 2 aromatic rings. The highest BCUT2D eigenvalue weighted by molar-refractivity contribution is 5.46. The molecule has 0 saturated heterocycles. The van der Waals surface area contributed by atoms with Crippen molar-refractivity contribution in [1.29, 1.82) is 0 Å². The summed E-state index contributed by atoms with van der Waals surface area (Å²) in [5.41, 5.74) is 2.28. The van der Waals surface area contributed by atoms with Crippen molar-refractivity contribution in [3.63, 3.8) is 0 Å². The molecule has 3 heteroatoms. The quantitative estimate of drug-likeness (QED) is 0.886. The number of hydrogen-bond acceptors (Lipinski definition) is 2. The van der Waals surface area contributed by atoms with Crippen LogP contribution >= 0.6 is 0 Å². The number of anilines is 1. The van der Waals surface area contributed by atoms with Crippen molar-refractivity contribution in [2.24, 2.45) is 0 Å². The average molecular weight is 323 g/mol. The molecule has 0 aliphatic heterocycles. The molecule has 0 radical (unpaired) electrons. The molecule has 124 valence electrons. The molecular weight excluding hydrogens is 301 g/mol. The molecule has 0 bridgehead atoms. The fraction of sp³-hybridized carbons (Fsp3) is 0.238. The minimum Gasteiger partial charge on any atom is -0.388 e. The lowest BCUT2D eigenvalue weighted by atomic mass is 10.0. The van der Waals surface area contributed by atoms with Crippen LogP contribution in [-0.4, -0.2) is 11.7 Å². The van der Waals surface area contributed by atoms with E-state index in [9.17, 15) is 9.50 Å². The number of rotatable bonds is 5. The highest BCUT2D eigenvalue weighted by atomic mass is 19.1. The summed E-state index contributed by atoms with van der Waals surface area (Å²) in [5, 5.41) is 15.9. The maximum absolute atomic E-state index is 13.5. The zero-order valence-corrected chi connectivity index (χ0v) is 13.8. The molecular formula is C21H22FNO. The second-order valence-corrected chi connectivity index (χ2v) is 6.12. The van der Waals surface area contributed by atoms with Crippen molar-refractivity contribution in [3.05, 3.63) is 75.9 Å². The SMILES string of the molecule is Cc1ccc(NCCC(O)c2ccc3c(c2)=CC=CCC=3)cc1F. The number of aryl methyl sites for hydroxylation is 1. The summed E-state index contributed by atoms with van der Waals surface area (Å²) < 4.78 is 13.5. The minimum atomic E-state index is -0.543. The fourth-order valence-electron chi connectivity index (χ4n) is 2.80. The Morgan fingerprint density at radius 1 is 1.17 bits per heavy atom. The molecule has 1 unspecified atom stereocenters. The summed E-state index contributed by atoms with van der Waals surface area (Å²) in [6, 6.07) is 11.2. The molecule has 0 spiro atoms. The topological polar surface area (TPSA) is 32.3 Å². The van der Waals surface area contributed by atoms with Crippen LogP contribution in [0.1, 0.15) is 30.1 Å². The molecule has 0 amide bonds. The van der Waals surface area contributed by atoms with Gasteiger partial charge in [0.25, 0.3) is 0 Å². The lowest BCUT2D eigenvalue weighted by Crippen LogP contribution is -2.24. The maximum Gasteiger partial charge on any atom is 0.128 e. The van der Waals surface area contributed by atoms with E-state index in [-0.39, 0.29) is 5.82 Å². The van der Waals surface area contributed by atoms with E-state index in [1.165, 1.54) is 11.3 Å². The summed E-state index contributed by atoms with van der Waals surface area (Å²) in [6.07, 6.45) is 9.36. The standard InChI is InChI=1S/C21H22FNO/c1-15-7-10-19(14-20(15)22)23-12-11-21(24)18-9-8-16-5-3-2-4-6-17(16)13-18/h2,4-10,13-14,21,23-24H,3,11-12H2,1H3. The van der Waals surface area contributed by atoms with Gasteiger partial charge in [-0.15, -0.1) is 0 Å². The van der Waals surface area contributed by atoms with Gasteiger partial charge in [0.05, 0.1) is 6.10 Å². The number of hydrogen-bond donors (Lipinski definition) is 2. The smallest absolute Gasteiger partial charge is 0.128 e. The van der Waals surface area contributed by atoms with Crippen molar-refractivity contribution in [1.82, 2.24) is 0 Å². The van der Waals surface area contributed by atoms with E-state index in [2.05, 4.69) is 29.6 Å². The third-order valence-corrected chi connectivity index (χ3v) is 4.30. The normalized spacial score (nSPS) is 14.1. The van der Waals surface area contributed by atoms with Gasteiger partial charge >= 0.3 is 0 Å². The molecule has 2 nitrogen and oxygen atoms in total. The first kappa shape index (κ1) is 16.5. The van der Waals surface area contributed by atoms with E-state index >= 15 is 0 Å². The number of halogens is 1. The first-order valence-electron chi connectivity index (χ1n) is 8.28. The van der Waals surface area contributed by atoms with Crippen LogP contribution in [0.5, 0.6) is 0 Å². The van der Waals surface area contributed by atoms with E-state index in [0.717, 1.165) is 22.9 Å². The van der Waals surface area contributed by atoms with Gasteiger partial charge in [-0.1, -0.05) is 42.5 Å². The van der Waals surface area contributed by atoms with Gasteiger partial charge in [-0.2, -0.15) is 0 Å². The number of aliphatic hydroxyl groups excluding tert-OH is 1. The van der Waals surface area contributed by atoms with Crippen LogP contribution in [0.2, 0.25) is 0 Å². The van der Waals surface area contributed by atoms with Crippen LogP contribution < -0.4 is 15.8 Å². The first-order chi connectivity index (χ1) is 11.6.